The van der Waals surface area contributed by atoms with Crippen LogP contribution in [0.25, 0.3) is 0 Å². The standard InChI is InChI=1S/C19H25N3O2.HI/c1-15-6-4-7-16(12-15)14-22-19(20-2)21-10-11-24-18-9-5-8-17(13-18)23-3;/h4-9,12-13H,10-11,14H2,1-3H3,(H2,20,21,22);1H. The lowest BCUT2D eigenvalue weighted by Gasteiger charge is -2.13. The highest BCUT2D eigenvalue weighted by atomic mass is 127. The van der Waals surface area contributed by atoms with Gasteiger partial charge in [-0.2, -0.15) is 0 Å². The quantitative estimate of drug-likeness (QED) is 0.291. The van der Waals surface area contributed by atoms with Crippen molar-refractivity contribution >= 4 is 29.9 Å². The van der Waals surface area contributed by atoms with Gasteiger partial charge in [0, 0.05) is 19.7 Å². The molecule has 0 unspecified atom stereocenters. The minimum atomic E-state index is 0. The van der Waals surface area contributed by atoms with Gasteiger partial charge in [-0.1, -0.05) is 35.9 Å². The fourth-order valence-electron chi connectivity index (χ4n) is 2.26. The van der Waals surface area contributed by atoms with Crippen molar-refractivity contribution < 1.29 is 9.47 Å². The largest absolute Gasteiger partial charge is 0.497 e. The molecule has 5 nitrogen and oxygen atoms in total. The summed E-state index contributed by atoms with van der Waals surface area (Å²) in [4.78, 5) is 4.22. The Hall–Kier alpha value is -1.96. The van der Waals surface area contributed by atoms with Gasteiger partial charge >= 0.3 is 0 Å². The Labute approximate surface area is 166 Å². The second-order valence-corrected chi connectivity index (χ2v) is 5.37. The maximum atomic E-state index is 5.70. The SMILES string of the molecule is CN=C(NCCOc1cccc(OC)c1)NCc1cccc(C)c1.I. The van der Waals surface area contributed by atoms with E-state index in [4.69, 9.17) is 9.47 Å². The summed E-state index contributed by atoms with van der Waals surface area (Å²) in [5.41, 5.74) is 2.48. The van der Waals surface area contributed by atoms with Crippen LogP contribution < -0.4 is 20.1 Å². The zero-order valence-electron chi connectivity index (χ0n) is 14.9. The number of aryl methyl sites for hydroxylation is 1. The highest BCUT2D eigenvalue weighted by Crippen LogP contribution is 2.18. The molecule has 6 heteroatoms. The fourth-order valence-corrected chi connectivity index (χ4v) is 2.26. The number of nitrogens with zero attached hydrogens (tertiary/aromatic N) is 1. The van der Waals surface area contributed by atoms with Gasteiger partial charge in [-0.15, -0.1) is 24.0 Å². The van der Waals surface area contributed by atoms with Crippen LogP contribution in [0.4, 0.5) is 0 Å². The van der Waals surface area contributed by atoms with E-state index >= 15 is 0 Å². The number of guanidine groups is 1. The van der Waals surface area contributed by atoms with Crippen molar-refractivity contribution in [3.8, 4) is 11.5 Å². The van der Waals surface area contributed by atoms with E-state index in [0.717, 1.165) is 24.0 Å². The van der Waals surface area contributed by atoms with Gasteiger partial charge in [0.05, 0.1) is 13.7 Å². The van der Waals surface area contributed by atoms with Gasteiger partial charge in [0.15, 0.2) is 5.96 Å². The number of hydrogen-bond donors (Lipinski definition) is 2. The first-order valence-electron chi connectivity index (χ1n) is 7.98. The molecule has 0 atom stereocenters. The zero-order chi connectivity index (χ0) is 17.2. The number of rotatable bonds is 7. The first kappa shape index (κ1) is 21.1. The molecule has 0 aliphatic carbocycles. The molecule has 0 heterocycles. The summed E-state index contributed by atoms with van der Waals surface area (Å²) in [6.45, 7) is 4.02. The van der Waals surface area contributed by atoms with E-state index < -0.39 is 0 Å². The molecule has 136 valence electrons. The van der Waals surface area contributed by atoms with E-state index in [0.29, 0.717) is 13.2 Å². The van der Waals surface area contributed by atoms with Crippen LogP contribution in [0.15, 0.2) is 53.5 Å². The van der Waals surface area contributed by atoms with E-state index in [1.54, 1.807) is 14.2 Å². The molecule has 25 heavy (non-hydrogen) atoms. The lowest BCUT2D eigenvalue weighted by molar-refractivity contribution is 0.319. The predicted molar refractivity (Wildman–Crippen MR) is 113 cm³/mol. The normalized spacial score (nSPS) is 10.6. The van der Waals surface area contributed by atoms with E-state index in [2.05, 4.69) is 46.8 Å². The van der Waals surface area contributed by atoms with Crippen LogP contribution in [0.3, 0.4) is 0 Å². The van der Waals surface area contributed by atoms with Crippen molar-refractivity contribution in [2.45, 2.75) is 13.5 Å². The second-order valence-electron chi connectivity index (χ2n) is 5.37. The lowest BCUT2D eigenvalue weighted by atomic mass is 10.1. The van der Waals surface area contributed by atoms with Crippen LogP contribution in [-0.4, -0.2) is 33.3 Å². The lowest BCUT2D eigenvalue weighted by Crippen LogP contribution is -2.38. The molecule has 0 aliphatic heterocycles. The van der Waals surface area contributed by atoms with Crippen LogP contribution in [0.5, 0.6) is 11.5 Å². The van der Waals surface area contributed by atoms with Gasteiger partial charge in [0.25, 0.3) is 0 Å². The molecule has 0 radical (unpaired) electrons. The maximum Gasteiger partial charge on any atom is 0.191 e. The van der Waals surface area contributed by atoms with Crippen LogP contribution >= 0.6 is 24.0 Å². The molecule has 0 amide bonds. The number of methoxy groups -OCH3 is 1. The van der Waals surface area contributed by atoms with Gasteiger partial charge < -0.3 is 20.1 Å². The molecule has 0 aliphatic rings. The molecule has 2 N–H and O–H groups in total. The number of hydrogen-bond acceptors (Lipinski definition) is 3. The van der Waals surface area contributed by atoms with Crippen molar-refractivity contribution in [2.24, 2.45) is 4.99 Å². The average Bonchev–Trinajstić information content (AvgIpc) is 2.61. The molecule has 2 rings (SSSR count). The molecule has 0 fully saturated rings. The minimum Gasteiger partial charge on any atom is -0.497 e. The predicted octanol–water partition coefficient (Wildman–Crippen LogP) is 3.37. The van der Waals surface area contributed by atoms with Crippen LogP contribution in [-0.2, 0) is 6.54 Å². The van der Waals surface area contributed by atoms with Crippen molar-refractivity contribution in [1.82, 2.24) is 10.6 Å². The Morgan fingerprint density at radius 2 is 1.80 bits per heavy atom. The summed E-state index contributed by atoms with van der Waals surface area (Å²) in [6.07, 6.45) is 0. The molecular formula is C19H26IN3O2. The molecule has 0 saturated carbocycles. The van der Waals surface area contributed by atoms with Crippen molar-refractivity contribution in [3.05, 3.63) is 59.7 Å². The molecule has 2 aromatic rings. The third-order valence-corrected chi connectivity index (χ3v) is 3.47. The van der Waals surface area contributed by atoms with Crippen molar-refractivity contribution in [1.29, 1.82) is 0 Å². The van der Waals surface area contributed by atoms with E-state index in [1.165, 1.54) is 11.1 Å². The summed E-state index contributed by atoms with van der Waals surface area (Å²) in [6, 6.07) is 16.0. The number of ether oxygens (including phenoxy) is 2. The monoisotopic (exact) mass is 455 g/mol. The first-order chi connectivity index (χ1) is 11.7. The first-order valence-corrected chi connectivity index (χ1v) is 7.98. The fraction of sp³-hybridized carbons (Fsp3) is 0.316. The Morgan fingerprint density at radius 1 is 1.04 bits per heavy atom. The zero-order valence-corrected chi connectivity index (χ0v) is 17.2. The average molecular weight is 455 g/mol. The smallest absolute Gasteiger partial charge is 0.191 e. The number of aliphatic imine (C=N–C) groups is 1. The number of halogens is 1. The highest BCUT2D eigenvalue weighted by molar-refractivity contribution is 14.0. The molecule has 0 bridgehead atoms. The summed E-state index contributed by atoms with van der Waals surface area (Å²) in [5, 5.41) is 6.53. The molecule has 0 saturated heterocycles. The number of nitrogens with one attached hydrogen (secondary N) is 2. The van der Waals surface area contributed by atoms with Gasteiger partial charge in [0.1, 0.15) is 18.1 Å². The van der Waals surface area contributed by atoms with E-state index in [1.807, 2.05) is 24.3 Å². The second kappa shape index (κ2) is 11.6. The Bertz CT molecular complexity index is 677. The minimum absolute atomic E-state index is 0. The van der Waals surface area contributed by atoms with E-state index in [-0.39, 0.29) is 24.0 Å². The van der Waals surface area contributed by atoms with Gasteiger partial charge in [-0.05, 0) is 24.6 Å². The Kier molecular flexibility index (Phi) is 9.76. The third-order valence-electron chi connectivity index (χ3n) is 3.47. The topological polar surface area (TPSA) is 54.9 Å². The van der Waals surface area contributed by atoms with Crippen LogP contribution in [0, 0.1) is 6.92 Å². The summed E-state index contributed by atoms with van der Waals surface area (Å²) < 4.78 is 10.9. The van der Waals surface area contributed by atoms with Gasteiger partial charge in [-0.25, -0.2) is 0 Å². The van der Waals surface area contributed by atoms with Crippen molar-refractivity contribution in [2.75, 3.05) is 27.3 Å². The van der Waals surface area contributed by atoms with Crippen molar-refractivity contribution in [3.63, 3.8) is 0 Å². The molecule has 0 aromatic heterocycles. The Morgan fingerprint density at radius 3 is 2.52 bits per heavy atom. The molecule has 2 aromatic carbocycles. The molecular weight excluding hydrogens is 429 g/mol. The Balaban J connectivity index is 0.00000312. The summed E-state index contributed by atoms with van der Waals surface area (Å²) >= 11 is 0. The van der Waals surface area contributed by atoms with E-state index in [9.17, 15) is 0 Å². The maximum absolute atomic E-state index is 5.70. The van der Waals surface area contributed by atoms with Crippen LogP contribution in [0.1, 0.15) is 11.1 Å². The molecule has 0 spiro atoms. The van der Waals surface area contributed by atoms with Crippen LogP contribution in [0.2, 0.25) is 0 Å². The summed E-state index contributed by atoms with van der Waals surface area (Å²) in [7, 11) is 3.40. The highest BCUT2D eigenvalue weighted by Gasteiger charge is 2.00. The summed E-state index contributed by atoms with van der Waals surface area (Å²) in [5.74, 6) is 2.33. The third kappa shape index (κ3) is 7.64. The number of benzene rings is 2. The van der Waals surface area contributed by atoms with Gasteiger partial charge in [0.2, 0.25) is 0 Å². The van der Waals surface area contributed by atoms with Gasteiger partial charge in [-0.3, -0.25) is 4.99 Å².